The van der Waals surface area contributed by atoms with Crippen LogP contribution in [0.25, 0.3) is 0 Å². The van der Waals surface area contributed by atoms with Crippen molar-refractivity contribution < 1.29 is 14.4 Å². The van der Waals surface area contributed by atoms with Gasteiger partial charge in [-0.2, -0.15) is 5.90 Å². The lowest BCUT2D eigenvalue weighted by Gasteiger charge is -1.97. The maximum atomic E-state index is 10.4. The van der Waals surface area contributed by atoms with Crippen molar-refractivity contribution in [1.29, 1.82) is 0 Å². The molecule has 0 rings (SSSR count). The van der Waals surface area contributed by atoms with Gasteiger partial charge in [-0.05, 0) is 0 Å². The summed E-state index contributed by atoms with van der Waals surface area (Å²) in [7, 11) is 0. The molecule has 0 radical (unpaired) electrons. The van der Waals surface area contributed by atoms with Crippen LogP contribution in [0.4, 0.5) is 0 Å². The molecule has 0 aromatic rings. The van der Waals surface area contributed by atoms with Crippen LogP contribution >= 0.6 is 0 Å². The van der Waals surface area contributed by atoms with Crippen molar-refractivity contribution in [3.63, 3.8) is 0 Å². The number of hydrogen-bond acceptors (Lipinski definition) is 4. The van der Waals surface area contributed by atoms with Crippen molar-refractivity contribution in [2.45, 2.75) is 6.42 Å². The number of carbonyl (C=O) groups excluding carboxylic acids is 2. The first kappa shape index (κ1) is 8.64. The van der Waals surface area contributed by atoms with Crippen LogP contribution in [0.3, 0.4) is 0 Å². The van der Waals surface area contributed by atoms with E-state index in [4.69, 9.17) is 5.73 Å². The maximum Gasteiger partial charge on any atom is 0.352 e. The Morgan fingerprint density at radius 2 is 2.00 bits per heavy atom. The van der Waals surface area contributed by atoms with Gasteiger partial charge in [0.25, 0.3) is 0 Å². The molecule has 10 heavy (non-hydrogen) atoms. The molecule has 5 heteroatoms. The first-order valence-corrected chi connectivity index (χ1v) is 2.45. The van der Waals surface area contributed by atoms with E-state index in [-0.39, 0.29) is 12.0 Å². The highest BCUT2D eigenvalue weighted by atomic mass is 16.7. The number of nitrogens with two attached hydrogens (primary N) is 2. The summed E-state index contributed by atoms with van der Waals surface area (Å²) in [5, 5.41) is 0. The van der Waals surface area contributed by atoms with Crippen LogP contribution in [0, 0.1) is 0 Å². The molecule has 0 aliphatic carbocycles. The van der Waals surface area contributed by atoms with E-state index in [2.05, 4.69) is 17.3 Å². The summed E-state index contributed by atoms with van der Waals surface area (Å²) in [6, 6.07) is 0. The summed E-state index contributed by atoms with van der Waals surface area (Å²) in [6.07, 6.45) is -0.226. The third-order valence-corrected chi connectivity index (χ3v) is 0.783. The number of hydrogen-bond donors (Lipinski definition) is 2. The van der Waals surface area contributed by atoms with E-state index < -0.39 is 11.9 Å². The molecular weight excluding hydrogens is 136 g/mol. The molecule has 0 aliphatic heterocycles. The first-order valence-electron chi connectivity index (χ1n) is 2.45. The highest BCUT2D eigenvalue weighted by Crippen LogP contribution is 1.97. The molecule has 0 heterocycles. The van der Waals surface area contributed by atoms with Gasteiger partial charge in [0.2, 0.25) is 5.91 Å². The highest BCUT2D eigenvalue weighted by Gasteiger charge is 2.08. The zero-order chi connectivity index (χ0) is 8.15. The quantitative estimate of drug-likeness (QED) is 0.385. The predicted octanol–water partition coefficient (Wildman–Crippen LogP) is -1.17. The monoisotopic (exact) mass is 144 g/mol. The Balaban J connectivity index is 3.86. The second-order valence-corrected chi connectivity index (χ2v) is 1.65. The van der Waals surface area contributed by atoms with Crippen molar-refractivity contribution in [3.8, 4) is 0 Å². The Morgan fingerprint density at radius 1 is 1.50 bits per heavy atom. The summed E-state index contributed by atoms with van der Waals surface area (Å²) in [6.45, 7) is 3.21. The summed E-state index contributed by atoms with van der Waals surface area (Å²) < 4.78 is 0. The van der Waals surface area contributed by atoms with Crippen molar-refractivity contribution in [2.75, 3.05) is 0 Å². The third-order valence-electron chi connectivity index (χ3n) is 0.783. The molecule has 0 saturated heterocycles. The van der Waals surface area contributed by atoms with Gasteiger partial charge in [0.15, 0.2) is 0 Å². The molecule has 0 fully saturated rings. The summed E-state index contributed by atoms with van der Waals surface area (Å²) in [4.78, 5) is 24.3. The van der Waals surface area contributed by atoms with Gasteiger partial charge in [0.05, 0.1) is 6.42 Å². The van der Waals surface area contributed by atoms with E-state index >= 15 is 0 Å². The average Bonchev–Trinajstić information content (AvgIpc) is 1.85. The first-order chi connectivity index (χ1) is 4.57. The Kier molecular flexibility index (Phi) is 3.13. The average molecular weight is 144 g/mol. The minimum Gasteiger partial charge on any atom is -0.370 e. The van der Waals surface area contributed by atoms with Gasteiger partial charge in [-0.15, -0.1) is 0 Å². The maximum absolute atomic E-state index is 10.4. The van der Waals surface area contributed by atoms with E-state index in [0.717, 1.165) is 0 Å². The van der Waals surface area contributed by atoms with Crippen molar-refractivity contribution in [1.82, 2.24) is 0 Å². The molecule has 4 N–H and O–H groups in total. The van der Waals surface area contributed by atoms with E-state index in [1.165, 1.54) is 0 Å². The lowest BCUT2D eigenvalue weighted by Crippen LogP contribution is -2.18. The Bertz CT molecular complexity index is 176. The van der Waals surface area contributed by atoms with Gasteiger partial charge in [0.1, 0.15) is 0 Å². The molecule has 0 unspecified atom stereocenters. The fraction of sp³-hybridized carbons (Fsp3) is 0.200. The summed E-state index contributed by atoms with van der Waals surface area (Å²) in [5.74, 6) is 3.02. The van der Waals surface area contributed by atoms with Crippen molar-refractivity contribution >= 4 is 11.9 Å². The van der Waals surface area contributed by atoms with Gasteiger partial charge < -0.3 is 10.6 Å². The fourth-order valence-corrected chi connectivity index (χ4v) is 0.366. The van der Waals surface area contributed by atoms with Crippen LogP contribution < -0.4 is 11.6 Å². The van der Waals surface area contributed by atoms with Gasteiger partial charge >= 0.3 is 5.97 Å². The number of primary amides is 1. The topological polar surface area (TPSA) is 95.4 Å². The Morgan fingerprint density at radius 3 is 2.30 bits per heavy atom. The van der Waals surface area contributed by atoms with Crippen LogP contribution in [-0.2, 0) is 14.4 Å². The predicted molar refractivity (Wildman–Crippen MR) is 33.2 cm³/mol. The molecule has 0 aromatic carbocycles. The van der Waals surface area contributed by atoms with E-state index in [1.807, 2.05) is 0 Å². The lowest BCUT2D eigenvalue weighted by atomic mass is 10.2. The largest absolute Gasteiger partial charge is 0.370 e. The van der Waals surface area contributed by atoms with E-state index in [0.29, 0.717) is 0 Å². The number of amides is 1. The SMILES string of the molecule is C=C(CC(N)=O)C(=O)ON. The minimum absolute atomic E-state index is 0.0463. The minimum atomic E-state index is -0.821. The lowest BCUT2D eigenvalue weighted by molar-refractivity contribution is -0.140. The molecule has 0 atom stereocenters. The Labute approximate surface area is 57.6 Å². The molecule has 0 spiro atoms. The number of carbonyl (C=O) groups is 2. The molecule has 0 aliphatic rings. The third kappa shape index (κ3) is 2.83. The highest BCUT2D eigenvalue weighted by molar-refractivity contribution is 5.93. The van der Waals surface area contributed by atoms with Gasteiger partial charge in [-0.3, -0.25) is 4.79 Å². The van der Waals surface area contributed by atoms with Crippen LogP contribution in [0.2, 0.25) is 0 Å². The Hall–Kier alpha value is -1.36. The summed E-state index contributed by atoms with van der Waals surface area (Å²) in [5.41, 5.74) is 4.69. The zero-order valence-corrected chi connectivity index (χ0v) is 5.29. The molecule has 0 bridgehead atoms. The van der Waals surface area contributed by atoms with Gasteiger partial charge in [-0.1, -0.05) is 6.58 Å². The van der Waals surface area contributed by atoms with Gasteiger partial charge in [0, 0.05) is 5.57 Å². The number of rotatable bonds is 3. The smallest absolute Gasteiger partial charge is 0.352 e. The standard InChI is InChI=1S/C5H8N2O3/c1-3(2-4(6)8)5(9)10-7/h1-2,7H2,(H2,6,8). The fourth-order valence-electron chi connectivity index (χ4n) is 0.366. The van der Waals surface area contributed by atoms with Crippen LogP contribution in [0.1, 0.15) is 6.42 Å². The van der Waals surface area contributed by atoms with Crippen LogP contribution in [0.5, 0.6) is 0 Å². The molecule has 5 nitrogen and oxygen atoms in total. The van der Waals surface area contributed by atoms with Crippen molar-refractivity contribution in [3.05, 3.63) is 12.2 Å². The van der Waals surface area contributed by atoms with E-state index in [1.54, 1.807) is 0 Å². The summed E-state index contributed by atoms with van der Waals surface area (Å²) >= 11 is 0. The zero-order valence-electron chi connectivity index (χ0n) is 5.29. The molecule has 0 aromatic heterocycles. The van der Waals surface area contributed by atoms with E-state index in [9.17, 15) is 9.59 Å². The molecular formula is C5H8N2O3. The molecule has 56 valence electrons. The molecule has 0 saturated carbocycles. The normalized spacial score (nSPS) is 8.50. The van der Waals surface area contributed by atoms with Crippen LogP contribution in [0.15, 0.2) is 12.2 Å². The van der Waals surface area contributed by atoms with Gasteiger partial charge in [-0.25, -0.2) is 4.79 Å². The second-order valence-electron chi connectivity index (χ2n) is 1.65. The second kappa shape index (κ2) is 3.62. The molecule has 1 amide bonds. The van der Waals surface area contributed by atoms with Crippen molar-refractivity contribution in [2.24, 2.45) is 11.6 Å². The van der Waals surface area contributed by atoms with Crippen LogP contribution in [-0.4, -0.2) is 11.9 Å².